The molecule has 0 aliphatic carbocycles. The number of amides is 1. The highest BCUT2D eigenvalue weighted by atomic mass is 79.9. The molecule has 0 aliphatic rings. The van der Waals surface area contributed by atoms with Crippen molar-refractivity contribution in [1.29, 1.82) is 0 Å². The number of anilines is 2. The Kier molecular flexibility index (Phi) is 5.27. The number of aromatic nitrogens is 2. The van der Waals surface area contributed by atoms with Gasteiger partial charge in [0.25, 0.3) is 5.91 Å². The maximum atomic E-state index is 12.1. The predicted octanol–water partition coefficient (Wildman–Crippen LogP) is 3.34. The summed E-state index contributed by atoms with van der Waals surface area (Å²) in [5, 5.41) is 10.9. The fourth-order valence-electron chi connectivity index (χ4n) is 1.92. The van der Waals surface area contributed by atoms with Crippen LogP contribution >= 0.6 is 15.9 Å². The van der Waals surface area contributed by atoms with E-state index in [1.54, 1.807) is 6.07 Å². The maximum absolute atomic E-state index is 12.1. The summed E-state index contributed by atoms with van der Waals surface area (Å²) in [5.41, 5.74) is 1.01. The molecule has 0 unspecified atom stereocenters. The zero-order chi connectivity index (χ0) is 15.2. The molecule has 2 rings (SSSR count). The second-order valence-corrected chi connectivity index (χ2v) is 5.33. The van der Waals surface area contributed by atoms with Crippen LogP contribution in [0.2, 0.25) is 0 Å². The van der Waals surface area contributed by atoms with Gasteiger partial charge < -0.3 is 10.2 Å². The molecule has 0 saturated carbocycles. The van der Waals surface area contributed by atoms with Gasteiger partial charge in [0.15, 0.2) is 11.5 Å². The van der Waals surface area contributed by atoms with Crippen LogP contribution in [-0.4, -0.2) is 29.2 Å². The van der Waals surface area contributed by atoms with E-state index >= 15 is 0 Å². The van der Waals surface area contributed by atoms with Crippen LogP contribution < -0.4 is 10.2 Å². The van der Waals surface area contributed by atoms with Crippen molar-refractivity contribution in [3.63, 3.8) is 0 Å². The molecular formula is C15H17BrN4O. The third-order valence-corrected chi connectivity index (χ3v) is 3.55. The van der Waals surface area contributed by atoms with Crippen molar-refractivity contribution in [3.05, 3.63) is 46.6 Å². The van der Waals surface area contributed by atoms with Gasteiger partial charge in [0.2, 0.25) is 0 Å². The summed E-state index contributed by atoms with van der Waals surface area (Å²) in [6.07, 6.45) is 0. The van der Waals surface area contributed by atoms with E-state index in [9.17, 15) is 4.79 Å². The molecule has 2 aromatic rings. The highest BCUT2D eigenvalue weighted by molar-refractivity contribution is 9.10. The van der Waals surface area contributed by atoms with Gasteiger partial charge >= 0.3 is 0 Å². The summed E-state index contributed by atoms with van der Waals surface area (Å²) in [6.45, 7) is 5.82. The molecule has 0 atom stereocenters. The number of nitrogens with one attached hydrogen (secondary N) is 1. The molecule has 1 amide bonds. The minimum absolute atomic E-state index is 0.272. The molecule has 0 bridgehead atoms. The predicted molar refractivity (Wildman–Crippen MR) is 87.7 cm³/mol. The first-order valence-electron chi connectivity index (χ1n) is 6.79. The quantitative estimate of drug-likeness (QED) is 0.900. The summed E-state index contributed by atoms with van der Waals surface area (Å²) in [6, 6.07) is 10.9. The van der Waals surface area contributed by atoms with Gasteiger partial charge in [-0.05, 0) is 44.2 Å². The molecule has 1 heterocycles. The van der Waals surface area contributed by atoms with E-state index in [0.717, 1.165) is 23.4 Å². The molecule has 5 nitrogen and oxygen atoms in total. The number of halogens is 1. The van der Waals surface area contributed by atoms with Gasteiger partial charge in [0.1, 0.15) is 0 Å². The first-order valence-corrected chi connectivity index (χ1v) is 7.59. The Bertz CT molecular complexity index is 611. The van der Waals surface area contributed by atoms with Gasteiger partial charge in [0, 0.05) is 23.2 Å². The summed E-state index contributed by atoms with van der Waals surface area (Å²) < 4.78 is 0.906. The van der Waals surface area contributed by atoms with E-state index in [2.05, 4.69) is 50.2 Å². The molecule has 0 aliphatic heterocycles. The third-order valence-electron chi connectivity index (χ3n) is 3.05. The van der Waals surface area contributed by atoms with Crippen molar-refractivity contribution in [2.24, 2.45) is 0 Å². The second-order valence-electron chi connectivity index (χ2n) is 4.41. The van der Waals surface area contributed by atoms with Crippen molar-refractivity contribution in [2.45, 2.75) is 13.8 Å². The van der Waals surface area contributed by atoms with Gasteiger partial charge in [-0.3, -0.25) is 4.79 Å². The third kappa shape index (κ3) is 4.01. The second kappa shape index (κ2) is 7.17. The largest absolute Gasteiger partial charge is 0.356 e. The van der Waals surface area contributed by atoms with Gasteiger partial charge in [-0.2, -0.15) is 0 Å². The molecule has 0 radical (unpaired) electrons. The van der Waals surface area contributed by atoms with Gasteiger partial charge in [-0.15, -0.1) is 10.2 Å². The minimum Gasteiger partial charge on any atom is -0.356 e. The van der Waals surface area contributed by atoms with Crippen molar-refractivity contribution in [2.75, 3.05) is 23.3 Å². The molecule has 21 heavy (non-hydrogen) atoms. The number of nitrogens with zero attached hydrogens (tertiary/aromatic N) is 3. The average Bonchev–Trinajstić information content (AvgIpc) is 2.49. The van der Waals surface area contributed by atoms with Crippen LogP contribution in [0.25, 0.3) is 0 Å². The van der Waals surface area contributed by atoms with Crippen LogP contribution in [0, 0.1) is 0 Å². The standard InChI is InChI=1S/C15H17BrN4O/c1-3-20(4-2)14-9-8-13(18-19-14)15(21)17-12-7-5-6-11(16)10-12/h5-10H,3-4H2,1-2H3,(H,17,21). The first kappa shape index (κ1) is 15.4. The van der Waals surface area contributed by atoms with Crippen LogP contribution in [0.3, 0.4) is 0 Å². The van der Waals surface area contributed by atoms with Crippen LogP contribution in [0.5, 0.6) is 0 Å². The highest BCUT2D eigenvalue weighted by Crippen LogP contribution is 2.16. The van der Waals surface area contributed by atoms with Crippen LogP contribution in [0.15, 0.2) is 40.9 Å². The Morgan fingerprint density at radius 1 is 1.19 bits per heavy atom. The Labute approximate surface area is 132 Å². The van der Waals surface area contributed by atoms with E-state index in [1.807, 2.05) is 30.3 Å². The van der Waals surface area contributed by atoms with E-state index in [0.29, 0.717) is 11.4 Å². The highest BCUT2D eigenvalue weighted by Gasteiger charge is 2.10. The van der Waals surface area contributed by atoms with E-state index < -0.39 is 0 Å². The van der Waals surface area contributed by atoms with E-state index in [1.165, 1.54) is 0 Å². The van der Waals surface area contributed by atoms with Crippen LogP contribution in [0.4, 0.5) is 11.5 Å². The van der Waals surface area contributed by atoms with Crippen LogP contribution in [0.1, 0.15) is 24.3 Å². The average molecular weight is 349 g/mol. The van der Waals surface area contributed by atoms with Crippen molar-refractivity contribution < 1.29 is 4.79 Å². The van der Waals surface area contributed by atoms with Gasteiger partial charge in [-0.1, -0.05) is 22.0 Å². The summed E-state index contributed by atoms with van der Waals surface area (Å²) in [7, 11) is 0. The van der Waals surface area contributed by atoms with Crippen molar-refractivity contribution >= 4 is 33.3 Å². The molecule has 110 valence electrons. The fraction of sp³-hybridized carbons (Fsp3) is 0.267. The number of hydrogen-bond acceptors (Lipinski definition) is 4. The Hall–Kier alpha value is -1.95. The number of hydrogen-bond donors (Lipinski definition) is 1. The minimum atomic E-state index is -0.272. The smallest absolute Gasteiger partial charge is 0.276 e. The number of carbonyl (C=O) groups excluding carboxylic acids is 1. The summed E-state index contributed by atoms with van der Waals surface area (Å²) >= 11 is 3.36. The molecule has 0 spiro atoms. The number of rotatable bonds is 5. The number of carbonyl (C=O) groups is 1. The number of benzene rings is 1. The molecule has 1 N–H and O–H groups in total. The lowest BCUT2D eigenvalue weighted by Crippen LogP contribution is -2.24. The lowest BCUT2D eigenvalue weighted by Gasteiger charge is -2.18. The summed E-state index contributed by atoms with van der Waals surface area (Å²) in [5.74, 6) is 0.505. The Balaban J connectivity index is 2.09. The Morgan fingerprint density at radius 3 is 2.52 bits per heavy atom. The lowest BCUT2D eigenvalue weighted by molar-refractivity contribution is 0.102. The fourth-order valence-corrected chi connectivity index (χ4v) is 2.32. The molecular weight excluding hydrogens is 332 g/mol. The van der Waals surface area contributed by atoms with Crippen molar-refractivity contribution in [1.82, 2.24) is 10.2 Å². The molecule has 6 heteroatoms. The zero-order valence-corrected chi connectivity index (χ0v) is 13.6. The zero-order valence-electron chi connectivity index (χ0n) is 12.0. The van der Waals surface area contributed by atoms with Gasteiger partial charge in [0.05, 0.1) is 0 Å². The van der Waals surface area contributed by atoms with E-state index in [4.69, 9.17) is 0 Å². The first-order chi connectivity index (χ1) is 10.1. The summed E-state index contributed by atoms with van der Waals surface area (Å²) in [4.78, 5) is 14.2. The van der Waals surface area contributed by atoms with Crippen molar-refractivity contribution in [3.8, 4) is 0 Å². The maximum Gasteiger partial charge on any atom is 0.276 e. The normalized spacial score (nSPS) is 10.2. The topological polar surface area (TPSA) is 58.1 Å². The molecule has 1 aromatic carbocycles. The monoisotopic (exact) mass is 348 g/mol. The molecule has 0 fully saturated rings. The van der Waals surface area contributed by atoms with Gasteiger partial charge in [-0.25, -0.2) is 0 Å². The molecule has 1 aromatic heterocycles. The Morgan fingerprint density at radius 2 is 1.95 bits per heavy atom. The molecule has 0 saturated heterocycles. The van der Waals surface area contributed by atoms with E-state index in [-0.39, 0.29) is 5.91 Å². The van der Waals surface area contributed by atoms with Crippen LogP contribution in [-0.2, 0) is 0 Å². The SMILES string of the molecule is CCN(CC)c1ccc(C(=O)Nc2cccc(Br)c2)nn1. The lowest BCUT2D eigenvalue weighted by atomic mass is 10.3.